The van der Waals surface area contributed by atoms with Gasteiger partial charge in [0.05, 0.1) is 0 Å². The quantitative estimate of drug-likeness (QED) is 0.789. The van der Waals surface area contributed by atoms with Gasteiger partial charge in [0.1, 0.15) is 0 Å². The van der Waals surface area contributed by atoms with Crippen LogP contribution in [0.5, 0.6) is 0 Å². The fourth-order valence-corrected chi connectivity index (χ4v) is 1.24. The highest BCUT2D eigenvalue weighted by Crippen LogP contribution is 2.09. The lowest BCUT2D eigenvalue weighted by atomic mass is 9.97. The van der Waals surface area contributed by atoms with Crippen LogP contribution in [0.1, 0.15) is 26.3 Å². The van der Waals surface area contributed by atoms with Crippen LogP contribution < -0.4 is 10.6 Å². The Morgan fingerprint density at radius 2 is 1.88 bits per heavy atom. The minimum Gasteiger partial charge on any atom is -0.362 e. The standard InChI is InChI=1S/C12H19N3S/c1-12(2,3)9-15-11(16)14-8-10-4-6-13-7-5-10/h4-7H,8-9H2,1-3H3,(H2,14,15,16). The van der Waals surface area contributed by atoms with Gasteiger partial charge in [-0.15, -0.1) is 0 Å². The van der Waals surface area contributed by atoms with Gasteiger partial charge < -0.3 is 10.6 Å². The monoisotopic (exact) mass is 237 g/mol. The number of nitrogens with zero attached hydrogens (tertiary/aromatic N) is 1. The smallest absolute Gasteiger partial charge is 0.166 e. The van der Waals surface area contributed by atoms with Crippen molar-refractivity contribution < 1.29 is 0 Å². The third-order valence-electron chi connectivity index (χ3n) is 1.98. The highest BCUT2D eigenvalue weighted by atomic mass is 32.1. The van der Waals surface area contributed by atoms with E-state index in [9.17, 15) is 0 Å². The predicted octanol–water partition coefficient (Wildman–Crippen LogP) is 2.09. The molecule has 2 N–H and O–H groups in total. The zero-order chi connectivity index (χ0) is 12.0. The molecular weight excluding hydrogens is 218 g/mol. The molecule has 1 rings (SSSR count). The fourth-order valence-electron chi connectivity index (χ4n) is 1.09. The number of pyridine rings is 1. The SMILES string of the molecule is CC(C)(C)CNC(=S)NCc1ccncc1. The molecule has 1 aromatic rings. The summed E-state index contributed by atoms with van der Waals surface area (Å²) in [6.07, 6.45) is 3.56. The van der Waals surface area contributed by atoms with Crippen molar-refractivity contribution in [2.24, 2.45) is 5.41 Å². The van der Waals surface area contributed by atoms with Gasteiger partial charge >= 0.3 is 0 Å². The summed E-state index contributed by atoms with van der Waals surface area (Å²) in [6, 6.07) is 3.94. The van der Waals surface area contributed by atoms with Crippen molar-refractivity contribution in [3.63, 3.8) is 0 Å². The molecule has 1 aromatic heterocycles. The van der Waals surface area contributed by atoms with Crippen molar-refractivity contribution in [3.05, 3.63) is 30.1 Å². The van der Waals surface area contributed by atoms with Crippen molar-refractivity contribution >= 4 is 17.3 Å². The van der Waals surface area contributed by atoms with E-state index in [2.05, 4.69) is 36.4 Å². The van der Waals surface area contributed by atoms with E-state index in [1.54, 1.807) is 12.4 Å². The Morgan fingerprint density at radius 1 is 1.25 bits per heavy atom. The molecule has 0 unspecified atom stereocenters. The Balaban J connectivity index is 2.26. The molecule has 16 heavy (non-hydrogen) atoms. The number of nitrogens with one attached hydrogen (secondary N) is 2. The van der Waals surface area contributed by atoms with E-state index in [1.165, 1.54) is 5.56 Å². The molecule has 0 spiro atoms. The summed E-state index contributed by atoms with van der Waals surface area (Å²) in [5, 5.41) is 7.06. The molecule has 0 radical (unpaired) electrons. The fraction of sp³-hybridized carbons (Fsp3) is 0.500. The summed E-state index contributed by atoms with van der Waals surface area (Å²) in [6.45, 7) is 8.12. The topological polar surface area (TPSA) is 37.0 Å². The van der Waals surface area contributed by atoms with Crippen molar-refractivity contribution in [1.82, 2.24) is 15.6 Å². The molecule has 0 fully saturated rings. The average molecular weight is 237 g/mol. The van der Waals surface area contributed by atoms with Gasteiger partial charge in [0.25, 0.3) is 0 Å². The second-order valence-corrected chi connectivity index (χ2v) is 5.36. The molecule has 0 aromatic carbocycles. The summed E-state index contributed by atoms with van der Waals surface area (Å²) in [5.41, 5.74) is 1.41. The van der Waals surface area contributed by atoms with Crippen LogP contribution >= 0.6 is 12.2 Å². The molecule has 3 nitrogen and oxygen atoms in total. The zero-order valence-corrected chi connectivity index (χ0v) is 10.9. The van der Waals surface area contributed by atoms with Gasteiger partial charge in [-0.3, -0.25) is 4.98 Å². The summed E-state index contributed by atoms with van der Waals surface area (Å²) in [7, 11) is 0. The van der Waals surface area contributed by atoms with Crippen LogP contribution in [0.2, 0.25) is 0 Å². The van der Waals surface area contributed by atoms with Gasteiger partial charge in [0, 0.05) is 25.5 Å². The van der Waals surface area contributed by atoms with E-state index in [4.69, 9.17) is 12.2 Å². The molecular formula is C12H19N3S. The van der Waals surface area contributed by atoms with Crippen LogP contribution in [0.3, 0.4) is 0 Å². The number of aromatic nitrogens is 1. The number of hydrogen-bond donors (Lipinski definition) is 2. The maximum Gasteiger partial charge on any atom is 0.166 e. The number of rotatable bonds is 3. The van der Waals surface area contributed by atoms with E-state index in [0.717, 1.165) is 13.1 Å². The first-order chi connectivity index (χ1) is 7.47. The lowest BCUT2D eigenvalue weighted by Crippen LogP contribution is -2.39. The summed E-state index contributed by atoms with van der Waals surface area (Å²) < 4.78 is 0. The lowest BCUT2D eigenvalue weighted by Gasteiger charge is -2.20. The number of hydrogen-bond acceptors (Lipinski definition) is 2. The Bertz CT molecular complexity index is 330. The Morgan fingerprint density at radius 3 is 2.44 bits per heavy atom. The molecule has 4 heteroatoms. The maximum absolute atomic E-state index is 5.18. The molecule has 0 saturated carbocycles. The van der Waals surface area contributed by atoms with Crippen molar-refractivity contribution in [3.8, 4) is 0 Å². The highest BCUT2D eigenvalue weighted by Gasteiger charge is 2.09. The van der Waals surface area contributed by atoms with Crippen LogP contribution in [-0.4, -0.2) is 16.6 Å². The van der Waals surface area contributed by atoms with Crippen LogP contribution in [-0.2, 0) is 6.54 Å². The maximum atomic E-state index is 5.18. The Labute approximate surface area is 103 Å². The Kier molecular flexibility index (Phi) is 4.68. The van der Waals surface area contributed by atoms with Gasteiger partial charge in [-0.1, -0.05) is 20.8 Å². The first kappa shape index (κ1) is 12.9. The minimum atomic E-state index is 0.238. The lowest BCUT2D eigenvalue weighted by molar-refractivity contribution is 0.408. The second-order valence-electron chi connectivity index (χ2n) is 4.95. The van der Waals surface area contributed by atoms with Gasteiger partial charge in [-0.05, 0) is 35.3 Å². The third kappa shape index (κ3) is 5.66. The van der Waals surface area contributed by atoms with Crippen molar-refractivity contribution in [1.29, 1.82) is 0 Å². The molecule has 0 aliphatic carbocycles. The van der Waals surface area contributed by atoms with Crippen molar-refractivity contribution in [2.45, 2.75) is 27.3 Å². The molecule has 1 heterocycles. The number of thiocarbonyl (C=S) groups is 1. The highest BCUT2D eigenvalue weighted by molar-refractivity contribution is 7.80. The van der Waals surface area contributed by atoms with E-state index < -0.39 is 0 Å². The summed E-state index contributed by atoms with van der Waals surface area (Å²) >= 11 is 5.18. The van der Waals surface area contributed by atoms with Crippen LogP contribution in [0.4, 0.5) is 0 Å². The average Bonchev–Trinajstić information content (AvgIpc) is 2.24. The zero-order valence-electron chi connectivity index (χ0n) is 10.1. The molecule has 0 bridgehead atoms. The van der Waals surface area contributed by atoms with E-state index in [-0.39, 0.29) is 5.41 Å². The first-order valence-electron chi connectivity index (χ1n) is 5.38. The summed E-state index contributed by atoms with van der Waals surface area (Å²) in [4.78, 5) is 3.96. The molecule has 0 amide bonds. The molecule has 0 atom stereocenters. The van der Waals surface area contributed by atoms with Gasteiger partial charge in [-0.25, -0.2) is 0 Å². The molecule has 0 saturated heterocycles. The molecule has 0 aliphatic heterocycles. The normalized spacial score (nSPS) is 10.9. The minimum absolute atomic E-state index is 0.238. The first-order valence-corrected chi connectivity index (χ1v) is 5.79. The van der Waals surface area contributed by atoms with E-state index in [0.29, 0.717) is 5.11 Å². The van der Waals surface area contributed by atoms with E-state index in [1.807, 2.05) is 12.1 Å². The second kappa shape index (κ2) is 5.80. The third-order valence-corrected chi connectivity index (χ3v) is 2.27. The molecule has 88 valence electrons. The Hall–Kier alpha value is -1.16. The van der Waals surface area contributed by atoms with Gasteiger partial charge in [0.15, 0.2) is 5.11 Å². The van der Waals surface area contributed by atoms with E-state index >= 15 is 0 Å². The summed E-state index contributed by atoms with van der Waals surface area (Å²) in [5.74, 6) is 0. The van der Waals surface area contributed by atoms with Crippen LogP contribution in [0, 0.1) is 5.41 Å². The predicted molar refractivity (Wildman–Crippen MR) is 71.1 cm³/mol. The van der Waals surface area contributed by atoms with Gasteiger partial charge in [-0.2, -0.15) is 0 Å². The molecule has 0 aliphatic rings. The van der Waals surface area contributed by atoms with Crippen LogP contribution in [0.25, 0.3) is 0 Å². The van der Waals surface area contributed by atoms with Crippen molar-refractivity contribution in [2.75, 3.05) is 6.54 Å². The largest absolute Gasteiger partial charge is 0.362 e. The van der Waals surface area contributed by atoms with Gasteiger partial charge in [0.2, 0.25) is 0 Å². The van der Waals surface area contributed by atoms with Crippen LogP contribution in [0.15, 0.2) is 24.5 Å².